The molecule has 4 aromatic carbocycles. The molecule has 6 rings (SSSR count). The van der Waals surface area contributed by atoms with Crippen LogP contribution in [0.15, 0.2) is 77.7 Å². The molecule has 0 aliphatic carbocycles. The third-order valence-electron chi connectivity index (χ3n) is 7.19. The van der Waals surface area contributed by atoms with Crippen molar-refractivity contribution in [3.63, 3.8) is 0 Å². The Hall–Kier alpha value is -4.08. The van der Waals surface area contributed by atoms with Gasteiger partial charge in [-0.05, 0) is 47.0 Å². The van der Waals surface area contributed by atoms with Crippen molar-refractivity contribution < 1.29 is 32.5 Å². The molecule has 4 aromatic rings. The third-order valence-corrected chi connectivity index (χ3v) is 9.08. The first-order chi connectivity index (χ1) is 18.3. The van der Waals surface area contributed by atoms with Gasteiger partial charge >= 0.3 is 5.97 Å². The van der Waals surface area contributed by atoms with Crippen LogP contribution in [-0.4, -0.2) is 37.7 Å². The molecular formula is C29H25NO7S. The highest BCUT2D eigenvalue weighted by atomic mass is 32.2. The highest BCUT2D eigenvalue weighted by Gasteiger charge is 2.49. The van der Waals surface area contributed by atoms with Gasteiger partial charge in [0.2, 0.25) is 16.8 Å². The predicted octanol–water partition coefficient (Wildman–Crippen LogP) is 4.98. The minimum Gasteiger partial charge on any atom is -0.507 e. The van der Waals surface area contributed by atoms with E-state index in [0.29, 0.717) is 28.2 Å². The number of sulfonamides is 1. The fourth-order valence-corrected chi connectivity index (χ4v) is 7.15. The molecular weight excluding hydrogens is 506 g/mol. The van der Waals surface area contributed by atoms with Crippen LogP contribution in [0.4, 0.5) is 0 Å². The van der Waals surface area contributed by atoms with Gasteiger partial charge in [-0.15, -0.1) is 0 Å². The fourth-order valence-electron chi connectivity index (χ4n) is 5.41. The summed E-state index contributed by atoms with van der Waals surface area (Å²) in [5, 5.41) is 12.9. The maximum atomic E-state index is 14.4. The number of phenols is 1. The number of aromatic hydroxyl groups is 1. The van der Waals surface area contributed by atoms with E-state index in [0.717, 1.165) is 16.3 Å². The van der Waals surface area contributed by atoms with E-state index in [9.17, 15) is 18.3 Å². The summed E-state index contributed by atoms with van der Waals surface area (Å²) in [4.78, 5) is 12.8. The van der Waals surface area contributed by atoms with E-state index in [1.54, 1.807) is 30.3 Å². The van der Waals surface area contributed by atoms with Crippen LogP contribution in [0, 0.1) is 6.92 Å². The quantitative estimate of drug-likeness (QED) is 0.362. The topological polar surface area (TPSA) is 102 Å². The first-order valence-corrected chi connectivity index (χ1v) is 13.5. The highest BCUT2D eigenvalue weighted by Crippen LogP contribution is 2.55. The Kier molecular flexibility index (Phi) is 5.77. The van der Waals surface area contributed by atoms with Gasteiger partial charge in [0.1, 0.15) is 5.75 Å². The Morgan fingerprint density at radius 2 is 1.71 bits per heavy atom. The van der Waals surface area contributed by atoms with Crippen LogP contribution in [0.1, 0.15) is 40.8 Å². The smallest absolute Gasteiger partial charge is 0.307 e. The summed E-state index contributed by atoms with van der Waals surface area (Å²) in [6, 6.07) is 19.2. The van der Waals surface area contributed by atoms with Crippen molar-refractivity contribution in [1.29, 1.82) is 0 Å². The minimum atomic E-state index is -4.18. The van der Waals surface area contributed by atoms with Crippen LogP contribution in [0.3, 0.4) is 0 Å². The molecule has 0 bridgehead atoms. The number of hydrogen-bond acceptors (Lipinski definition) is 7. The lowest BCUT2D eigenvalue weighted by molar-refractivity contribution is -0.141. The van der Waals surface area contributed by atoms with Crippen molar-refractivity contribution in [3.8, 4) is 17.2 Å². The third kappa shape index (κ3) is 3.77. The zero-order valence-electron chi connectivity index (χ0n) is 20.7. The van der Waals surface area contributed by atoms with Crippen molar-refractivity contribution in [2.45, 2.75) is 30.3 Å². The second-order valence-electron chi connectivity index (χ2n) is 9.40. The van der Waals surface area contributed by atoms with Crippen LogP contribution < -0.4 is 9.47 Å². The maximum absolute atomic E-state index is 14.4. The van der Waals surface area contributed by atoms with Crippen molar-refractivity contribution in [3.05, 3.63) is 95.1 Å². The summed E-state index contributed by atoms with van der Waals surface area (Å²) in [6.07, 6.45) is -0.204. The van der Waals surface area contributed by atoms with E-state index in [1.807, 2.05) is 43.3 Å². The van der Waals surface area contributed by atoms with Crippen molar-refractivity contribution in [1.82, 2.24) is 4.31 Å². The summed E-state index contributed by atoms with van der Waals surface area (Å²) in [5.41, 5.74) is 2.61. The molecule has 194 valence electrons. The summed E-state index contributed by atoms with van der Waals surface area (Å²) in [5.74, 6) is 0.0982. The molecule has 0 amide bonds. The van der Waals surface area contributed by atoms with Gasteiger partial charge in [0.05, 0.1) is 30.5 Å². The molecule has 0 saturated heterocycles. The number of phenolic OH excluding ortho intramolecular Hbond substituents is 1. The van der Waals surface area contributed by atoms with E-state index < -0.39 is 28.1 Å². The maximum Gasteiger partial charge on any atom is 0.307 e. The predicted molar refractivity (Wildman–Crippen MR) is 140 cm³/mol. The summed E-state index contributed by atoms with van der Waals surface area (Å²) in [6.45, 7) is 1.88. The Bertz CT molecular complexity index is 1680. The minimum absolute atomic E-state index is 0.000459. The van der Waals surface area contributed by atoms with E-state index in [4.69, 9.17) is 14.2 Å². The van der Waals surface area contributed by atoms with Gasteiger partial charge in [-0.3, -0.25) is 4.79 Å². The Labute approximate surface area is 220 Å². The number of rotatable bonds is 5. The Morgan fingerprint density at radius 3 is 2.45 bits per heavy atom. The average molecular weight is 532 g/mol. The van der Waals surface area contributed by atoms with Crippen LogP contribution in [-0.2, 0) is 19.6 Å². The van der Waals surface area contributed by atoms with Gasteiger partial charge in [0.25, 0.3) is 0 Å². The molecule has 0 unspecified atom stereocenters. The SMILES string of the molecule is COC(=O)C[C@H]1c2c(ccc3ccccc23)[C@@H](c2cc3c(cc2O)OCO3)N1S(=O)(=O)c1ccc(C)cc1. The van der Waals surface area contributed by atoms with E-state index >= 15 is 0 Å². The molecule has 2 aliphatic heterocycles. The van der Waals surface area contributed by atoms with E-state index in [-0.39, 0.29) is 23.9 Å². The second kappa shape index (κ2) is 9.04. The highest BCUT2D eigenvalue weighted by molar-refractivity contribution is 7.89. The van der Waals surface area contributed by atoms with Gasteiger partial charge in [0.15, 0.2) is 11.5 Å². The summed E-state index contributed by atoms with van der Waals surface area (Å²) < 4.78 is 46.1. The lowest BCUT2D eigenvalue weighted by atomic mass is 9.91. The standard InChI is InChI=1S/C29H25NO7S/c1-17-7-10-19(11-8-17)38(33,34)30-23(14-27(32)35-2)28-20-6-4-3-5-18(20)9-12-21(28)29(30)22-13-25-26(15-24(22)31)37-16-36-25/h3-13,15,23,29,31H,14,16H2,1-2H3/t23-,29-/m0/s1. The van der Waals surface area contributed by atoms with Crippen LogP contribution >= 0.6 is 0 Å². The molecule has 0 radical (unpaired) electrons. The Balaban J connectivity index is 1.66. The molecule has 1 N–H and O–H groups in total. The number of hydrogen-bond donors (Lipinski definition) is 1. The molecule has 2 atom stereocenters. The van der Waals surface area contributed by atoms with Crippen molar-refractivity contribution >= 4 is 26.8 Å². The number of aryl methyl sites for hydroxylation is 1. The van der Waals surface area contributed by atoms with Gasteiger partial charge < -0.3 is 19.3 Å². The van der Waals surface area contributed by atoms with E-state index in [2.05, 4.69) is 0 Å². The number of carbonyl (C=O) groups is 1. The summed E-state index contributed by atoms with van der Waals surface area (Å²) >= 11 is 0. The second-order valence-corrected chi connectivity index (χ2v) is 11.2. The Morgan fingerprint density at radius 1 is 1.00 bits per heavy atom. The molecule has 0 saturated carbocycles. The lowest BCUT2D eigenvalue weighted by Crippen LogP contribution is -2.35. The van der Waals surface area contributed by atoms with Gasteiger partial charge in [-0.25, -0.2) is 8.42 Å². The number of ether oxygens (including phenoxy) is 3. The van der Waals surface area contributed by atoms with Gasteiger partial charge in [-0.2, -0.15) is 4.31 Å². The number of benzene rings is 4. The molecule has 2 aliphatic rings. The van der Waals surface area contributed by atoms with Gasteiger partial charge in [-0.1, -0.05) is 54.1 Å². The fraction of sp³-hybridized carbons (Fsp3) is 0.207. The molecule has 2 heterocycles. The number of nitrogens with zero attached hydrogens (tertiary/aromatic N) is 1. The number of carbonyl (C=O) groups excluding carboxylic acids is 1. The van der Waals surface area contributed by atoms with Crippen LogP contribution in [0.2, 0.25) is 0 Å². The largest absolute Gasteiger partial charge is 0.507 e. The van der Waals surface area contributed by atoms with Gasteiger partial charge in [0, 0.05) is 11.6 Å². The number of methoxy groups -OCH3 is 1. The molecule has 38 heavy (non-hydrogen) atoms. The molecule has 0 aromatic heterocycles. The van der Waals surface area contributed by atoms with Crippen molar-refractivity contribution in [2.75, 3.05) is 13.9 Å². The summed E-state index contributed by atoms with van der Waals surface area (Å²) in [7, 11) is -2.90. The zero-order valence-corrected chi connectivity index (χ0v) is 21.6. The molecule has 0 fully saturated rings. The van der Waals surface area contributed by atoms with Crippen LogP contribution in [0.5, 0.6) is 17.2 Å². The lowest BCUT2D eigenvalue weighted by Gasteiger charge is -2.30. The molecule has 0 spiro atoms. The van der Waals surface area contributed by atoms with Crippen molar-refractivity contribution in [2.24, 2.45) is 0 Å². The normalized spacial score (nSPS) is 18.5. The van der Waals surface area contributed by atoms with E-state index in [1.165, 1.54) is 17.5 Å². The average Bonchev–Trinajstić information content (AvgIpc) is 3.50. The first kappa shape index (κ1) is 24.3. The number of fused-ring (bicyclic) bond motifs is 4. The monoisotopic (exact) mass is 531 g/mol. The molecule has 9 heteroatoms. The molecule has 8 nitrogen and oxygen atoms in total. The number of esters is 1. The zero-order chi connectivity index (χ0) is 26.6. The van der Waals surface area contributed by atoms with Crippen LogP contribution in [0.25, 0.3) is 10.8 Å². The first-order valence-electron chi connectivity index (χ1n) is 12.1.